The number of carbonyl (C=O) groups is 2. The van der Waals surface area contributed by atoms with E-state index >= 15 is 0 Å². The molecule has 7 heteroatoms. The van der Waals surface area contributed by atoms with Gasteiger partial charge in [-0.25, -0.2) is 4.39 Å². The molecule has 2 N–H and O–H groups in total. The highest BCUT2D eigenvalue weighted by Crippen LogP contribution is 2.14. The van der Waals surface area contributed by atoms with Gasteiger partial charge in [0, 0.05) is 15.8 Å². The molecule has 0 saturated carbocycles. The summed E-state index contributed by atoms with van der Waals surface area (Å²) in [6, 6.07) is 12.8. The Balaban J connectivity index is 1.79. The quantitative estimate of drug-likeness (QED) is 0.792. The largest absolute Gasteiger partial charge is 0.325 e. The van der Waals surface area contributed by atoms with Crippen molar-refractivity contribution in [2.45, 2.75) is 0 Å². The van der Waals surface area contributed by atoms with Crippen molar-refractivity contribution in [2.75, 3.05) is 30.8 Å². The third-order valence-corrected chi connectivity index (χ3v) is 3.59. The van der Waals surface area contributed by atoms with Crippen molar-refractivity contribution in [1.82, 2.24) is 4.90 Å². The fourth-order valence-electron chi connectivity index (χ4n) is 2.05. The molecule has 0 aromatic heterocycles. The number of hydrogen-bond donors (Lipinski definition) is 2. The van der Waals surface area contributed by atoms with Crippen molar-refractivity contribution < 1.29 is 14.0 Å². The molecule has 0 heterocycles. The number of carbonyl (C=O) groups excluding carboxylic acids is 2. The van der Waals surface area contributed by atoms with Crippen molar-refractivity contribution in [2.24, 2.45) is 0 Å². The Kier molecular flexibility index (Phi) is 6.45. The van der Waals surface area contributed by atoms with Crippen LogP contribution in [0.2, 0.25) is 0 Å². The fraction of sp³-hybridized carbons (Fsp3) is 0.176. The molecule has 0 spiro atoms. The predicted octanol–water partition coefficient (Wildman–Crippen LogP) is 3.10. The lowest BCUT2D eigenvalue weighted by Crippen LogP contribution is -2.36. The molecule has 0 radical (unpaired) electrons. The maximum absolute atomic E-state index is 13.1. The highest BCUT2D eigenvalue weighted by molar-refractivity contribution is 9.10. The van der Waals surface area contributed by atoms with E-state index in [1.54, 1.807) is 30.1 Å². The van der Waals surface area contributed by atoms with E-state index in [9.17, 15) is 14.0 Å². The van der Waals surface area contributed by atoms with Gasteiger partial charge in [-0.3, -0.25) is 14.5 Å². The molecule has 0 fully saturated rings. The predicted molar refractivity (Wildman–Crippen MR) is 95.3 cm³/mol. The Morgan fingerprint density at radius 3 is 2.17 bits per heavy atom. The topological polar surface area (TPSA) is 61.4 Å². The molecular formula is C17H17BrFN3O2. The van der Waals surface area contributed by atoms with Crippen LogP contribution in [-0.2, 0) is 9.59 Å². The van der Waals surface area contributed by atoms with Gasteiger partial charge in [0.05, 0.1) is 13.1 Å². The minimum absolute atomic E-state index is 0.0181. The molecule has 2 amide bonds. The highest BCUT2D eigenvalue weighted by atomic mass is 79.9. The van der Waals surface area contributed by atoms with Gasteiger partial charge in [-0.15, -0.1) is 0 Å². The summed E-state index contributed by atoms with van der Waals surface area (Å²) in [4.78, 5) is 25.4. The van der Waals surface area contributed by atoms with E-state index in [1.807, 2.05) is 12.1 Å². The second-order valence-corrected chi connectivity index (χ2v) is 6.20. The molecule has 2 aromatic rings. The van der Waals surface area contributed by atoms with Crippen molar-refractivity contribution >= 4 is 39.1 Å². The first kappa shape index (κ1) is 18.1. The van der Waals surface area contributed by atoms with Gasteiger partial charge >= 0.3 is 0 Å². The Labute approximate surface area is 148 Å². The molecule has 2 rings (SSSR count). The summed E-state index contributed by atoms with van der Waals surface area (Å²) in [6.45, 7) is 0.0803. The van der Waals surface area contributed by atoms with Crippen molar-refractivity contribution in [3.8, 4) is 0 Å². The normalized spacial score (nSPS) is 10.5. The van der Waals surface area contributed by atoms with E-state index in [2.05, 4.69) is 26.6 Å². The molecule has 126 valence electrons. The summed E-state index contributed by atoms with van der Waals surface area (Å²) in [7, 11) is 1.66. The van der Waals surface area contributed by atoms with Gasteiger partial charge in [0.1, 0.15) is 5.82 Å². The number of hydrogen-bond acceptors (Lipinski definition) is 3. The monoisotopic (exact) mass is 393 g/mol. The zero-order valence-electron chi connectivity index (χ0n) is 13.1. The summed E-state index contributed by atoms with van der Waals surface area (Å²) in [5, 5.41) is 5.33. The molecule has 0 bridgehead atoms. The van der Waals surface area contributed by atoms with Gasteiger partial charge < -0.3 is 10.6 Å². The van der Waals surface area contributed by atoms with Crippen molar-refractivity contribution in [1.29, 1.82) is 0 Å². The summed E-state index contributed by atoms with van der Waals surface area (Å²) in [6.07, 6.45) is 0. The minimum Gasteiger partial charge on any atom is -0.325 e. The molecule has 0 aliphatic rings. The molecule has 0 aliphatic carbocycles. The van der Waals surface area contributed by atoms with Crippen LogP contribution in [0.1, 0.15) is 0 Å². The fourth-order valence-corrected chi connectivity index (χ4v) is 2.31. The molecular weight excluding hydrogens is 377 g/mol. The number of nitrogens with one attached hydrogen (secondary N) is 2. The number of halogens is 2. The maximum atomic E-state index is 13.1. The van der Waals surface area contributed by atoms with E-state index in [1.165, 1.54) is 18.2 Å². The van der Waals surface area contributed by atoms with Gasteiger partial charge in [0.15, 0.2) is 0 Å². The van der Waals surface area contributed by atoms with Gasteiger partial charge in [-0.2, -0.15) is 0 Å². The second kappa shape index (κ2) is 8.56. The average Bonchev–Trinajstić information content (AvgIpc) is 2.49. The van der Waals surface area contributed by atoms with Crippen LogP contribution in [0.3, 0.4) is 0 Å². The average molecular weight is 394 g/mol. The number of anilines is 2. The lowest BCUT2D eigenvalue weighted by atomic mass is 10.3. The summed E-state index contributed by atoms with van der Waals surface area (Å²) < 4.78 is 14.0. The molecule has 5 nitrogen and oxygen atoms in total. The number of nitrogens with zero attached hydrogens (tertiary/aromatic N) is 1. The molecule has 2 aromatic carbocycles. The van der Waals surface area contributed by atoms with Crippen LogP contribution in [0, 0.1) is 5.82 Å². The van der Waals surface area contributed by atoms with Crippen molar-refractivity contribution in [3.63, 3.8) is 0 Å². The van der Waals surface area contributed by atoms with E-state index in [0.29, 0.717) is 11.4 Å². The van der Waals surface area contributed by atoms with E-state index in [4.69, 9.17) is 0 Å². The lowest BCUT2D eigenvalue weighted by Gasteiger charge is -2.16. The van der Waals surface area contributed by atoms with Gasteiger partial charge in [0.25, 0.3) is 0 Å². The molecule has 0 aliphatic heterocycles. The summed E-state index contributed by atoms with van der Waals surface area (Å²) >= 11 is 3.32. The maximum Gasteiger partial charge on any atom is 0.238 e. The van der Waals surface area contributed by atoms with Crippen LogP contribution >= 0.6 is 15.9 Å². The SMILES string of the molecule is CN(CC(=O)Nc1ccc(Br)cc1)CC(=O)Nc1cccc(F)c1. The number of rotatable bonds is 6. The molecule has 0 saturated heterocycles. The molecule has 0 atom stereocenters. The van der Waals surface area contributed by atoms with Crippen LogP contribution in [0.5, 0.6) is 0 Å². The summed E-state index contributed by atoms with van der Waals surface area (Å²) in [5.74, 6) is -0.965. The number of likely N-dealkylation sites (N-methyl/N-ethyl adjacent to an activating group) is 1. The van der Waals surface area contributed by atoms with Crippen LogP contribution in [-0.4, -0.2) is 36.9 Å². The standard InChI is InChI=1S/C17H17BrFN3O2/c1-22(10-16(23)20-14-7-5-12(18)6-8-14)11-17(24)21-15-4-2-3-13(19)9-15/h2-9H,10-11H2,1H3,(H,20,23)(H,21,24). The first-order chi connectivity index (χ1) is 11.4. The zero-order chi connectivity index (χ0) is 17.5. The third kappa shape index (κ3) is 6.10. The summed E-state index contributed by atoms with van der Waals surface area (Å²) in [5.41, 5.74) is 1.06. The Bertz CT molecular complexity index is 722. The third-order valence-electron chi connectivity index (χ3n) is 3.06. The smallest absolute Gasteiger partial charge is 0.238 e. The first-order valence-corrected chi connectivity index (χ1v) is 8.01. The van der Waals surface area contributed by atoms with E-state index in [0.717, 1.165) is 4.47 Å². The van der Waals surface area contributed by atoms with Crippen LogP contribution in [0.25, 0.3) is 0 Å². The Morgan fingerprint density at radius 2 is 1.58 bits per heavy atom. The zero-order valence-corrected chi connectivity index (χ0v) is 14.6. The highest BCUT2D eigenvalue weighted by Gasteiger charge is 2.11. The molecule has 0 unspecified atom stereocenters. The number of amides is 2. The van der Waals surface area contributed by atoms with Gasteiger partial charge in [-0.05, 0) is 49.5 Å². The van der Waals surface area contributed by atoms with Gasteiger partial charge in [0.2, 0.25) is 11.8 Å². The Morgan fingerprint density at radius 1 is 1.00 bits per heavy atom. The van der Waals surface area contributed by atoms with Gasteiger partial charge in [-0.1, -0.05) is 22.0 Å². The Hall–Kier alpha value is -2.25. The van der Waals surface area contributed by atoms with Crippen LogP contribution < -0.4 is 10.6 Å². The minimum atomic E-state index is -0.421. The molecule has 24 heavy (non-hydrogen) atoms. The lowest BCUT2D eigenvalue weighted by molar-refractivity contribution is -0.119. The second-order valence-electron chi connectivity index (χ2n) is 5.29. The van der Waals surface area contributed by atoms with Crippen LogP contribution in [0.15, 0.2) is 53.0 Å². The van der Waals surface area contributed by atoms with E-state index in [-0.39, 0.29) is 24.9 Å². The number of benzene rings is 2. The van der Waals surface area contributed by atoms with Crippen molar-refractivity contribution in [3.05, 3.63) is 58.8 Å². The van der Waals surface area contributed by atoms with E-state index < -0.39 is 5.82 Å². The first-order valence-electron chi connectivity index (χ1n) is 7.22. The van der Waals surface area contributed by atoms with Crippen LogP contribution in [0.4, 0.5) is 15.8 Å².